The Kier molecular flexibility index (Phi) is 3.44. The van der Waals surface area contributed by atoms with E-state index in [2.05, 4.69) is 15.1 Å². The number of hydrogen-bond donors (Lipinski definition) is 0. The van der Waals surface area contributed by atoms with Crippen LogP contribution < -0.4 is 5.56 Å². The van der Waals surface area contributed by atoms with Crippen molar-refractivity contribution in [1.82, 2.24) is 24.3 Å². The van der Waals surface area contributed by atoms with Gasteiger partial charge >= 0.3 is 0 Å². The van der Waals surface area contributed by atoms with E-state index in [4.69, 9.17) is 23.2 Å². The summed E-state index contributed by atoms with van der Waals surface area (Å²) in [5.74, 6) is 0.662. The maximum Gasteiger partial charge on any atom is 0.274 e. The maximum atomic E-state index is 11.8. The molecule has 17 heavy (non-hydrogen) atoms. The van der Waals surface area contributed by atoms with E-state index < -0.39 is 5.56 Å². The van der Waals surface area contributed by atoms with Crippen LogP contribution in [0, 0.1) is 0 Å². The van der Waals surface area contributed by atoms with Gasteiger partial charge in [0.15, 0.2) is 5.15 Å². The number of aromatic nitrogens is 5. The van der Waals surface area contributed by atoms with Gasteiger partial charge in [-0.05, 0) is 6.92 Å². The van der Waals surface area contributed by atoms with Crippen molar-refractivity contribution in [2.75, 3.05) is 0 Å². The van der Waals surface area contributed by atoms with Gasteiger partial charge in [-0.2, -0.15) is 5.10 Å². The number of rotatable bonds is 3. The standard InChI is InChI=1S/C9H9Cl2N5O/c1-2-16-6(12-4-14-16)3-15-5-13-8(11)7(10)9(15)17/h4-5H,2-3H2,1H3. The average molecular weight is 274 g/mol. The summed E-state index contributed by atoms with van der Waals surface area (Å²) in [6, 6.07) is 0. The molecule has 0 atom stereocenters. The van der Waals surface area contributed by atoms with Gasteiger partial charge in [0.05, 0.1) is 12.9 Å². The first-order valence-corrected chi connectivity index (χ1v) is 5.66. The molecular formula is C9H9Cl2N5O. The monoisotopic (exact) mass is 273 g/mol. The Morgan fingerprint density at radius 1 is 1.35 bits per heavy atom. The zero-order valence-electron chi connectivity index (χ0n) is 8.97. The Morgan fingerprint density at radius 3 is 2.82 bits per heavy atom. The fraction of sp³-hybridized carbons (Fsp3) is 0.333. The molecule has 0 aromatic carbocycles. The summed E-state index contributed by atoms with van der Waals surface area (Å²) in [4.78, 5) is 19.6. The lowest BCUT2D eigenvalue weighted by Crippen LogP contribution is -2.23. The van der Waals surface area contributed by atoms with Gasteiger partial charge in [0.25, 0.3) is 5.56 Å². The summed E-state index contributed by atoms with van der Waals surface area (Å²) >= 11 is 11.4. The van der Waals surface area contributed by atoms with Gasteiger partial charge in [-0.25, -0.2) is 14.6 Å². The first-order chi connectivity index (χ1) is 8.13. The molecule has 0 N–H and O–H groups in total. The van der Waals surface area contributed by atoms with E-state index in [1.54, 1.807) is 4.68 Å². The lowest BCUT2D eigenvalue weighted by atomic mass is 10.5. The summed E-state index contributed by atoms with van der Waals surface area (Å²) in [6.45, 7) is 2.88. The maximum absolute atomic E-state index is 11.8. The van der Waals surface area contributed by atoms with E-state index >= 15 is 0 Å². The highest BCUT2D eigenvalue weighted by Gasteiger charge is 2.10. The number of halogens is 2. The molecule has 90 valence electrons. The first kappa shape index (κ1) is 12.1. The lowest BCUT2D eigenvalue weighted by Gasteiger charge is -2.06. The summed E-state index contributed by atoms with van der Waals surface area (Å²) in [5.41, 5.74) is -0.391. The summed E-state index contributed by atoms with van der Waals surface area (Å²) in [6.07, 6.45) is 2.78. The Labute approximate surface area is 107 Å². The first-order valence-electron chi connectivity index (χ1n) is 4.90. The molecule has 2 aromatic rings. The van der Waals surface area contributed by atoms with Crippen LogP contribution in [0.4, 0.5) is 0 Å². The quantitative estimate of drug-likeness (QED) is 0.789. The van der Waals surface area contributed by atoms with Gasteiger partial charge in [0, 0.05) is 6.54 Å². The van der Waals surface area contributed by atoms with Crippen LogP contribution in [0.3, 0.4) is 0 Å². The van der Waals surface area contributed by atoms with Gasteiger partial charge in [-0.1, -0.05) is 23.2 Å². The molecule has 0 aliphatic carbocycles. The van der Waals surface area contributed by atoms with E-state index in [-0.39, 0.29) is 16.7 Å². The van der Waals surface area contributed by atoms with Crippen LogP contribution in [0.15, 0.2) is 17.4 Å². The van der Waals surface area contributed by atoms with Gasteiger partial charge in [0.1, 0.15) is 17.2 Å². The molecule has 0 bridgehead atoms. The molecule has 2 rings (SSSR count). The van der Waals surface area contributed by atoms with Crippen molar-refractivity contribution >= 4 is 23.2 Å². The van der Waals surface area contributed by atoms with E-state index in [9.17, 15) is 4.79 Å². The third-order valence-electron chi connectivity index (χ3n) is 2.25. The van der Waals surface area contributed by atoms with Gasteiger partial charge in [0.2, 0.25) is 0 Å². The SMILES string of the molecule is CCn1ncnc1Cn1cnc(Cl)c(Cl)c1=O. The Morgan fingerprint density at radius 2 is 2.12 bits per heavy atom. The van der Waals surface area contributed by atoms with Crippen molar-refractivity contribution in [2.24, 2.45) is 0 Å². The van der Waals surface area contributed by atoms with E-state index in [0.717, 1.165) is 0 Å². The predicted molar refractivity (Wildman–Crippen MR) is 63.3 cm³/mol. The van der Waals surface area contributed by atoms with Gasteiger partial charge in [-0.15, -0.1) is 0 Å². The number of hydrogen-bond acceptors (Lipinski definition) is 4. The lowest BCUT2D eigenvalue weighted by molar-refractivity contribution is 0.582. The molecule has 0 radical (unpaired) electrons. The normalized spacial score (nSPS) is 10.8. The molecule has 0 saturated carbocycles. The smallest absolute Gasteiger partial charge is 0.274 e. The summed E-state index contributed by atoms with van der Waals surface area (Å²) in [7, 11) is 0. The highest BCUT2D eigenvalue weighted by molar-refractivity contribution is 6.40. The largest absolute Gasteiger partial charge is 0.290 e. The summed E-state index contributed by atoms with van der Waals surface area (Å²) in [5, 5.41) is 3.93. The second kappa shape index (κ2) is 4.85. The van der Waals surface area contributed by atoms with E-state index in [0.29, 0.717) is 12.4 Å². The molecule has 2 aromatic heterocycles. The Balaban J connectivity index is 2.37. The minimum Gasteiger partial charge on any atom is -0.290 e. The van der Waals surface area contributed by atoms with E-state index in [1.165, 1.54) is 17.2 Å². The van der Waals surface area contributed by atoms with E-state index in [1.807, 2.05) is 6.92 Å². The number of nitrogens with zero attached hydrogens (tertiary/aromatic N) is 5. The van der Waals surface area contributed by atoms with Crippen LogP contribution >= 0.6 is 23.2 Å². The molecule has 0 fully saturated rings. The molecule has 6 nitrogen and oxygen atoms in total. The minimum absolute atomic E-state index is 0.00451. The third kappa shape index (κ3) is 2.32. The average Bonchev–Trinajstić information content (AvgIpc) is 2.77. The van der Waals surface area contributed by atoms with Crippen LogP contribution in [-0.2, 0) is 13.1 Å². The van der Waals surface area contributed by atoms with Gasteiger partial charge < -0.3 is 0 Å². The predicted octanol–water partition coefficient (Wildman–Crippen LogP) is 1.21. The topological polar surface area (TPSA) is 65.6 Å². The highest BCUT2D eigenvalue weighted by Crippen LogP contribution is 2.12. The molecule has 8 heteroatoms. The van der Waals surface area contributed by atoms with Crippen molar-refractivity contribution in [3.8, 4) is 0 Å². The van der Waals surface area contributed by atoms with Crippen molar-refractivity contribution in [3.63, 3.8) is 0 Å². The Hall–Kier alpha value is -1.40. The van der Waals surface area contributed by atoms with Crippen LogP contribution in [0.1, 0.15) is 12.7 Å². The van der Waals surface area contributed by atoms with Crippen molar-refractivity contribution in [3.05, 3.63) is 39.0 Å². The fourth-order valence-electron chi connectivity index (χ4n) is 1.38. The molecule has 2 heterocycles. The second-order valence-corrected chi connectivity index (χ2v) is 4.01. The Bertz CT molecular complexity index is 591. The zero-order valence-corrected chi connectivity index (χ0v) is 10.5. The molecule has 0 aliphatic rings. The zero-order chi connectivity index (χ0) is 12.4. The highest BCUT2D eigenvalue weighted by atomic mass is 35.5. The molecule has 0 spiro atoms. The molecule has 0 amide bonds. The van der Waals surface area contributed by atoms with Gasteiger partial charge in [-0.3, -0.25) is 9.36 Å². The van der Waals surface area contributed by atoms with Crippen LogP contribution in [0.25, 0.3) is 0 Å². The van der Waals surface area contributed by atoms with Crippen molar-refractivity contribution < 1.29 is 0 Å². The summed E-state index contributed by atoms with van der Waals surface area (Å²) < 4.78 is 3.03. The molecule has 0 aliphatic heterocycles. The van der Waals surface area contributed by atoms with Crippen molar-refractivity contribution in [1.29, 1.82) is 0 Å². The number of aryl methyl sites for hydroxylation is 1. The molecule has 0 unspecified atom stereocenters. The van der Waals surface area contributed by atoms with Crippen molar-refractivity contribution in [2.45, 2.75) is 20.0 Å². The molecular weight excluding hydrogens is 265 g/mol. The van der Waals surface area contributed by atoms with Crippen LogP contribution in [-0.4, -0.2) is 24.3 Å². The minimum atomic E-state index is -0.391. The van der Waals surface area contributed by atoms with Crippen LogP contribution in [0.2, 0.25) is 10.2 Å². The fourth-order valence-corrected chi connectivity index (χ4v) is 1.67. The van der Waals surface area contributed by atoms with Crippen LogP contribution in [0.5, 0.6) is 0 Å². The second-order valence-electron chi connectivity index (χ2n) is 3.27. The molecule has 0 saturated heterocycles. The third-order valence-corrected chi connectivity index (χ3v) is 2.97.